The molecule has 0 N–H and O–H groups in total. The van der Waals surface area contributed by atoms with E-state index in [1.54, 1.807) is 0 Å². The van der Waals surface area contributed by atoms with Crippen molar-refractivity contribution in [2.75, 3.05) is 12.2 Å². The van der Waals surface area contributed by atoms with Crippen molar-refractivity contribution in [1.29, 1.82) is 0 Å². The van der Waals surface area contributed by atoms with Crippen molar-refractivity contribution in [2.24, 2.45) is 0 Å². The van der Waals surface area contributed by atoms with Gasteiger partial charge in [0.2, 0.25) is 0 Å². The van der Waals surface area contributed by atoms with Crippen LogP contribution in [0, 0.1) is 0 Å². The van der Waals surface area contributed by atoms with Crippen LogP contribution in [0.3, 0.4) is 0 Å². The van der Waals surface area contributed by atoms with Crippen molar-refractivity contribution < 1.29 is 13.7 Å². The molecule has 16 heavy (non-hydrogen) atoms. The maximum atomic E-state index is 11.2. The van der Waals surface area contributed by atoms with Gasteiger partial charge >= 0.3 is 5.97 Å². The Morgan fingerprint density at radius 2 is 2.00 bits per heavy atom. The van der Waals surface area contributed by atoms with Gasteiger partial charge in [0.1, 0.15) is 0 Å². The summed E-state index contributed by atoms with van der Waals surface area (Å²) in [6.07, 6.45) is 3.52. The normalized spacial score (nSPS) is 12.1. The summed E-state index contributed by atoms with van der Waals surface area (Å²) in [5.74, 6) is -0.268. The number of carbonyl (C=O) groups excluding carboxylic acids is 1. The largest absolute Gasteiger partial charge is 0.452 e. The zero-order valence-electron chi connectivity index (χ0n) is 9.35. The monoisotopic (exact) mass is 240 g/mol. The van der Waals surface area contributed by atoms with Crippen LogP contribution in [0.5, 0.6) is 0 Å². The molecule has 0 aromatic heterocycles. The third-order valence-electron chi connectivity index (χ3n) is 2.08. The standard InChI is InChI=1S/C12H16O3S/c1-16(14)10-15-12(13)9-5-8-11-6-3-2-4-7-11/h2-4,6-7H,5,8-10H2,1H3. The minimum atomic E-state index is -1.07. The summed E-state index contributed by atoms with van der Waals surface area (Å²) in [6.45, 7) is 0. The summed E-state index contributed by atoms with van der Waals surface area (Å²) in [7, 11) is -1.07. The summed E-state index contributed by atoms with van der Waals surface area (Å²) in [5, 5.41) is 0. The fourth-order valence-corrected chi connectivity index (χ4v) is 1.60. The molecule has 1 atom stereocenters. The molecule has 1 rings (SSSR count). The highest BCUT2D eigenvalue weighted by Crippen LogP contribution is 2.05. The molecule has 0 aliphatic rings. The highest BCUT2D eigenvalue weighted by atomic mass is 32.2. The van der Waals surface area contributed by atoms with E-state index in [9.17, 15) is 9.00 Å². The number of benzene rings is 1. The molecule has 3 nitrogen and oxygen atoms in total. The Bertz CT molecular complexity index is 349. The van der Waals surface area contributed by atoms with Crippen molar-refractivity contribution in [3.63, 3.8) is 0 Å². The van der Waals surface area contributed by atoms with Gasteiger partial charge in [-0.25, -0.2) is 0 Å². The highest BCUT2D eigenvalue weighted by molar-refractivity contribution is 7.84. The lowest BCUT2D eigenvalue weighted by Crippen LogP contribution is -2.08. The van der Waals surface area contributed by atoms with Gasteiger partial charge in [-0.05, 0) is 18.4 Å². The molecule has 0 amide bonds. The van der Waals surface area contributed by atoms with Crippen molar-refractivity contribution in [2.45, 2.75) is 19.3 Å². The van der Waals surface area contributed by atoms with Gasteiger partial charge in [0.25, 0.3) is 0 Å². The van der Waals surface area contributed by atoms with Crippen LogP contribution in [0.2, 0.25) is 0 Å². The second kappa shape index (κ2) is 7.17. The smallest absolute Gasteiger partial charge is 0.306 e. The Balaban J connectivity index is 2.16. The number of carbonyl (C=O) groups is 1. The Morgan fingerprint density at radius 3 is 2.62 bits per heavy atom. The molecule has 0 saturated heterocycles. The predicted octanol–water partition coefficient (Wildman–Crippen LogP) is 1.89. The molecule has 0 aliphatic heterocycles. The SMILES string of the molecule is CS(=O)COC(=O)CCCc1ccccc1. The zero-order chi connectivity index (χ0) is 11.8. The maximum absolute atomic E-state index is 11.2. The molecule has 1 aromatic carbocycles. The molecule has 0 saturated carbocycles. The summed E-state index contributed by atoms with van der Waals surface area (Å²) >= 11 is 0. The van der Waals surface area contributed by atoms with E-state index in [4.69, 9.17) is 4.74 Å². The summed E-state index contributed by atoms with van der Waals surface area (Å²) < 4.78 is 15.5. The fraction of sp³-hybridized carbons (Fsp3) is 0.417. The first-order valence-corrected chi connectivity index (χ1v) is 6.91. The van der Waals surface area contributed by atoms with Crippen LogP contribution in [0.1, 0.15) is 18.4 Å². The van der Waals surface area contributed by atoms with Gasteiger partial charge < -0.3 is 4.74 Å². The van der Waals surface area contributed by atoms with E-state index in [-0.39, 0.29) is 11.9 Å². The second-order valence-corrected chi connectivity index (χ2v) is 4.93. The number of rotatable bonds is 6. The molecular formula is C12H16O3S. The lowest BCUT2D eigenvalue weighted by Gasteiger charge is -2.02. The van der Waals surface area contributed by atoms with E-state index in [0.717, 1.165) is 12.8 Å². The van der Waals surface area contributed by atoms with E-state index < -0.39 is 10.8 Å². The topological polar surface area (TPSA) is 43.4 Å². The fourth-order valence-electron chi connectivity index (χ4n) is 1.30. The quantitative estimate of drug-likeness (QED) is 0.713. The predicted molar refractivity (Wildman–Crippen MR) is 64.4 cm³/mol. The molecule has 0 aliphatic carbocycles. The van der Waals surface area contributed by atoms with E-state index >= 15 is 0 Å². The Kier molecular flexibility index (Phi) is 5.78. The van der Waals surface area contributed by atoms with Crippen molar-refractivity contribution in [1.82, 2.24) is 0 Å². The van der Waals surface area contributed by atoms with Gasteiger partial charge in [0.05, 0.1) is 10.8 Å². The van der Waals surface area contributed by atoms with Crippen molar-refractivity contribution in [3.8, 4) is 0 Å². The van der Waals surface area contributed by atoms with Crippen molar-refractivity contribution >= 4 is 16.8 Å². The summed E-state index contributed by atoms with van der Waals surface area (Å²) in [6, 6.07) is 10.00. The van der Waals surface area contributed by atoms with Crippen LogP contribution in [0.4, 0.5) is 0 Å². The average Bonchev–Trinajstić information content (AvgIpc) is 2.28. The highest BCUT2D eigenvalue weighted by Gasteiger charge is 2.03. The van der Waals surface area contributed by atoms with Gasteiger partial charge in [0.15, 0.2) is 5.94 Å². The summed E-state index contributed by atoms with van der Waals surface area (Å²) in [5.41, 5.74) is 1.22. The van der Waals surface area contributed by atoms with E-state index in [0.29, 0.717) is 6.42 Å². The Labute approximate surface area is 98.3 Å². The van der Waals surface area contributed by atoms with E-state index in [1.165, 1.54) is 11.8 Å². The van der Waals surface area contributed by atoms with E-state index in [2.05, 4.69) is 0 Å². The molecule has 1 aromatic rings. The van der Waals surface area contributed by atoms with Crippen LogP contribution in [0.15, 0.2) is 30.3 Å². The van der Waals surface area contributed by atoms with Crippen LogP contribution in [-0.2, 0) is 26.8 Å². The third kappa shape index (κ3) is 5.66. The first kappa shape index (κ1) is 12.9. The van der Waals surface area contributed by atoms with Crippen LogP contribution >= 0.6 is 0 Å². The molecular weight excluding hydrogens is 224 g/mol. The minimum absolute atomic E-state index is 0.00414. The van der Waals surface area contributed by atoms with E-state index in [1.807, 2.05) is 30.3 Å². The number of aryl methyl sites for hydroxylation is 1. The van der Waals surface area contributed by atoms with Gasteiger partial charge in [-0.15, -0.1) is 0 Å². The number of hydrogen-bond donors (Lipinski definition) is 0. The van der Waals surface area contributed by atoms with Gasteiger partial charge in [-0.3, -0.25) is 9.00 Å². The van der Waals surface area contributed by atoms with Gasteiger partial charge in [-0.2, -0.15) is 0 Å². The molecule has 88 valence electrons. The Hall–Kier alpha value is -1.16. The third-order valence-corrected chi connectivity index (χ3v) is 2.52. The summed E-state index contributed by atoms with van der Waals surface area (Å²) in [4.78, 5) is 11.2. The lowest BCUT2D eigenvalue weighted by atomic mass is 10.1. The number of hydrogen-bond acceptors (Lipinski definition) is 3. The van der Waals surface area contributed by atoms with Crippen LogP contribution < -0.4 is 0 Å². The van der Waals surface area contributed by atoms with Gasteiger partial charge in [0, 0.05) is 12.7 Å². The maximum Gasteiger partial charge on any atom is 0.306 e. The number of ether oxygens (including phenoxy) is 1. The minimum Gasteiger partial charge on any atom is -0.452 e. The molecule has 4 heteroatoms. The molecule has 0 spiro atoms. The van der Waals surface area contributed by atoms with Crippen LogP contribution in [-0.4, -0.2) is 22.4 Å². The Morgan fingerprint density at radius 1 is 1.31 bits per heavy atom. The second-order valence-electron chi connectivity index (χ2n) is 3.55. The molecule has 0 fully saturated rings. The van der Waals surface area contributed by atoms with Crippen molar-refractivity contribution in [3.05, 3.63) is 35.9 Å². The van der Waals surface area contributed by atoms with Gasteiger partial charge in [-0.1, -0.05) is 30.3 Å². The molecule has 1 unspecified atom stereocenters. The van der Waals surface area contributed by atoms with Crippen LogP contribution in [0.25, 0.3) is 0 Å². The molecule has 0 radical (unpaired) electrons. The first-order chi connectivity index (χ1) is 7.68. The molecule has 0 heterocycles. The average molecular weight is 240 g/mol. The lowest BCUT2D eigenvalue weighted by molar-refractivity contribution is -0.141. The first-order valence-electron chi connectivity index (χ1n) is 5.18. The molecule has 0 bridgehead atoms. The zero-order valence-corrected chi connectivity index (χ0v) is 10.2. The number of esters is 1.